The van der Waals surface area contributed by atoms with Crippen LogP contribution < -0.4 is 0 Å². The minimum Gasteiger partial charge on any atom is -0.285 e. The van der Waals surface area contributed by atoms with Crippen molar-refractivity contribution in [1.82, 2.24) is 0 Å². The van der Waals surface area contributed by atoms with E-state index in [2.05, 4.69) is 16.9 Å². The minimum absolute atomic E-state index is 0.257. The second kappa shape index (κ2) is 3.51. The molecule has 0 aromatic heterocycles. The lowest BCUT2D eigenvalue weighted by molar-refractivity contribution is -0.171. The highest BCUT2D eigenvalue weighted by Crippen LogP contribution is 1.84. The smallest absolute Gasteiger partial charge is 0.157 e. The molecule has 0 aliphatic rings. The molecular formula is C5H8O2. The second-order valence-electron chi connectivity index (χ2n) is 1.49. The van der Waals surface area contributed by atoms with Crippen LogP contribution in [0.2, 0.25) is 0 Å². The van der Waals surface area contributed by atoms with Crippen LogP contribution >= 0.6 is 0 Å². The van der Waals surface area contributed by atoms with E-state index < -0.39 is 0 Å². The summed E-state index contributed by atoms with van der Waals surface area (Å²) >= 11 is 0. The highest BCUT2D eigenvalue weighted by atomic mass is 17.1. The topological polar surface area (TPSA) is 29.5 Å². The summed E-state index contributed by atoms with van der Waals surface area (Å²) in [6, 6.07) is 0. The lowest BCUT2D eigenvalue weighted by Crippen LogP contribution is -1.77. The van der Waals surface area contributed by atoms with Crippen LogP contribution in [0, 0.1) is 17.9 Å². The SMILES string of the molecule is CC(C)C#COO. The Kier molecular flexibility index (Phi) is 3.17. The Bertz CT molecular complexity index is 86.0. The molecule has 0 spiro atoms. The maximum absolute atomic E-state index is 7.64. The standard InChI is InChI=1S/C5H8O2/c1-5(2)3-4-7-6/h5-6H,1-2H3. The lowest BCUT2D eigenvalue weighted by atomic mass is 10.2. The largest absolute Gasteiger partial charge is 0.285 e. The third-order valence-corrected chi connectivity index (χ3v) is 0.393. The summed E-state index contributed by atoms with van der Waals surface area (Å²) in [6.07, 6.45) is 2.05. The zero-order valence-corrected chi connectivity index (χ0v) is 4.43. The average molecular weight is 100 g/mol. The van der Waals surface area contributed by atoms with Crippen LogP contribution in [0.15, 0.2) is 0 Å². The Morgan fingerprint density at radius 2 is 2.14 bits per heavy atom. The van der Waals surface area contributed by atoms with Crippen LogP contribution in [0.1, 0.15) is 13.8 Å². The van der Waals surface area contributed by atoms with Gasteiger partial charge >= 0.3 is 0 Å². The predicted molar refractivity (Wildman–Crippen MR) is 26.3 cm³/mol. The van der Waals surface area contributed by atoms with Gasteiger partial charge in [-0.3, -0.25) is 4.89 Å². The summed E-state index contributed by atoms with van der Waals surface area (Å²) in [6.45, 7) is 3.82. The molecule has 0 aliphatic heterocycles. The summed E-state index contributed by atoms with van der Waals surface area (Å²) in [5, 5.41) is 7.64. The Labute approximate surface area is 43.0 Å². The van der Waals surface area contributed by atoms with Gasteiger partial charge < -0.3 is 0 Å². The Morgan fingerprint density at radius 1 is 1.57 bits per heavy atom. The van der Waals surface area contributed by atoms with E-state index in [0.29, 0.717) is 0 Å². The van der Waals surface area contributed by atoms with Gasteiger partial charge in [0.05, 0.1) is 0 Å². The number of hydrogen-bond acceptors (Lipinski definition) is 2. The van der Waals surface area contributed by atoms with E-state index in [4.69, 9.17) is 5.26 Å². The van der Waals surface area contributed by atoms with Crippen LogP contribution in [0.3, 0.4) is 0 Å². The normalized spacial score (nSPS) is 7.43. The molecular weight excluding hydrogens is 92.1 g/mol. The minimum atomic E-state index is 0.257. The average Bonchev–Trinajstić information content (AvgIpc) is 1.61. The zero-order chi connectivity index (χ0) is 5.70. The van der Waals surface area contributed by atoms with E-state index in [1.54, 1.807) is 0 Å². The van der Waals surface area contributed by atoms with E-state index >= 15 is 0 Å². The molecule has 40 valence electrons. The van der Waals surface area contributed by atoms with Crippen LogP contribution in [0.4, 0.5) is 0 Å². The maximum Gasteiger partial charge on any atom is 0.157 e. The van der Waals surface area contributed by atoms with Crippen molar-refractivity contribution >= 4 is 0 Å². The molecule has 0 saturated heterocycles. The van der Waals surface area contributed by atoms with Gasteiger partial charge in [-0.25, -0.2) is 0 Å². The molecule has 0 heterocycles. The van der Waals surface area contributed by atoms with Crippen molar-refractivity contribution in [2.24, 2.45) is 5.92 Å². The summed E-state index contributed by atoms with van der Waals surface area (Å²) < 4.78 is 0. The summed E-state index contributed by atoms with van der Waals surface area (Å²) in [7, 11) is 0. The molecule has 2 nitrogen and oxygen atoms in total. The van der Waals surface area contributed by atoms with Gasteiger partial charge in [-0.05, 0) is 0 Å². The molecule has 0 amide bonds. The van der Waals surface area contributed by atoms with Crippen molar-refractivity contribution in [2.75, 3.05) is 0 Å². The van der Waals surface area contributed by atoms with Crippen molar-refractivity contribution in [3.05, 3.63) is 0 Å². The molecule has 0 atom stereocenters. The van der Waals surface area contributed by atoms with Gasteiger partial charge in [-0.15, -0.1) is 0 Å². The molecule has 0 aromatic rings. The zero-order valence-electron chi connectivity index (χ0n) is 4.43. The van der Waals surface area contributed by atoms with E-state index in [1.165, 1.54) is 0 Å². The second-order valence-corrected chi connectivity index (χ2v) is 1.49. The molecule has 0 aromatic carbocycles. The molecule has 0 radical (unpaired) electrons. The first kappa shape index (κ1) is 6.32. The van der Waals surface area contributed by atoms with E-state index in [-0.39, 0.29) is 5.92 Å². The van der Waals surface area contributed by atoms with E-state index in [1.807, 2.05) is 13.8 Å². The van der Waals surface area contributed by atoms with Gasteiger partial charge in [0, 0.05) is 5.92 Å². The first-order chi connectivity index (χ1) is 3.27. The highest BCUT2D eigenvalue weighted by molar-refractivity contribution is 4.93. The van der Waals surface area contributed by atoms with Crippen molar-refractivity contribution in [2.45, 2.75) is 13.8 Å². The van der Waals surface area contributed by atoms with Gasteiger partial charge in [0.15, 0.2) is 6.11 Å². The molecule has 0 unspecified atom stereocenters. The first-order valence-electron chi connectivity index (χ1n) is 2.08. The molecule has 2 heteroatoms. The van der Waals surface area contributed by atoms with Gasteiger partial charge in [0.25, 0.3) is 0 Å². The Balaban J connectivity index is 3.24. The molecule has 0 fully saturated rings. The molecule has 0 aliphatic carbocycles. The van der Waals surface area contributed by atoms with E-state index in [0.717, 1.165) is 0 Å². The van der Waals surface area contributed by atoms with Gasteiger partial charge in [-0.1, -0.05) is 19.8 Å². The Hall–Kier alpha value is -0.680. The molecule has 0 bridgehead atoms. The summed E-state index contributed by atoms with van der Waals surface area (Å²) in [4.78, 5) is 3.49. The van der Waals surface area contributed by atoms with Crippen molar-refractivity contribution < 1.29 is 10.1 Å². The number of hydrogen-bond donors (Lipinski definition) is 1. The van der Waals surface area contributed by atoms with Crippen LogP contribution in [-0.4, -0.2) is 5.26 Å². The van der Waals surface area contributed by atoms with Crippen LogP contribution in [0.5, 0.6) is 0 Å². The third-order valence-electron chi connectivity index (χ3n) is 0.393. The Morgan fingerprint density at radius 3 is 2.29 bits per heavy atom. The van der Waals surface area contributed by atoms with Crippen molar-refractivity contribution in [3.63, 3.8) is 0 Å². The quantitative estimate of drug-likeness (QED) is 0.280. The van der Waals surface area contributed by atoms with Crippen LogP contribution in [0.25, 0.3) is 0 Å². The van der Waals surface area contributed by atoms with Crippen molar-refractivity contribution in [1.29, 1.82) is 0 Å². The number of rotatable bonds is 0. The first-order valence-corrected chi connectivity index (χ1v) is 2.08. The molecule has 0 rings (SSSR count). The molecule has 7 heavy (non-hydrogen) atoms. The lowest BCUT2D eigenvalue weighted by Gasteiger charge is -1.82. The van der Waals surface area contributed by atoms with E-state index in [9.17, 15) is 0 Å². The third kappa shape index (κ3) is 5.32. The fourth-order valence-electron chi connectivity index (χ4n) is 0.144. The predicted octanol–water partition coefficient (Wildman–Crippen LogP) is 1.09. The maximum atomic E-state index is 7.64. The highest BCUT2D eigenvalue weighted by Gasteiger charge is 1.78. The summed E-state index contributed by atoms with van der Waals surface area (Å²) in [5.74, 6) is 2.83. The fraction of sp³-hybridized carbons (Fsp3) is 0.600. The van der Waals surface area contributed by atoms with Gasteiger partial charge in [0.2, 0.25) is 0 Å². The molecule has 1 N–H and O–H groups in total. The summed E-state index contributed by atoms with van der Waals surface area (Å²) in [5.41, 5.74) is 0. The van der Waals surface area contributed by atoms with Crippen molar-refractivity contribution in [3.8, 4) is 12.0 Å². The van der Waals surface area contributed by atoms with Gasteiger partial charge in [-0.2, -0.15) is 5.26 Å². The molecule has 0 saturated carbocycles. The monoisotopic (exact) mass is 100 g/mol. The van der Waals surface area contributed by atoms with Gasteiger partial charge in [0.1, 0.15) is 0 Å². The fourth-order valence-corrected chi connectivity index (χ4v) is 0.144. The van der Waals surface area contributed by atoms with Crippen LogP contribution in [-0.2, 0) is 4.89 Å².